The van der Waals surface area contributed by atoms with Crippen molar-refractivity contribution < 1.29 is 23.5 Å². The van der Waals surface area contributed by atoms with Crippen LogP contribution < -0.4 is 5.32 Å². The lowest BCUT2D eigenvalue weighted by Crippen LogP contribution is -2.29. The third-order valence-electron chi connectivity index (χ3n) is 3.20. The van der Waals surface area contributed by atoms with E-state index in [2.05, 4.69) is 21.3 Å². The topological polar surface area (TPSA) is 89.4 Å². The van der Waals surface area contributed by atoms with Crippen molar-refractivity contribution in [2.75, 3.05) is 6.61 Å². The lowest BCUT2D eigenvalue weighted by Gasteiger charge is -2.09. The zero-order chi connectivity index (χ0) is 20.2. The maximum Gasteiger partial charge on any atom is 0.412 e. The van der Waals surface area contributed by atoms with Crippen LogP contribution in [0.4, 0.5) is 14.9 Å². The lowest BCUT2D eigenvalue weighted by molar-refractivity contribution is -0.138. The van der Waals surface area contributed by atoms with Gasteiger partial charge in [-0.3, -0.25) is 5.32 Å². The summed E-state index contributed by atoms with van der Waals surface area (Å²) in [4.78, 5) is 31.4. The minimum atomic E-state index is -0.839. The van der Waals surface area contributed by atoms with E-state index in [0.717, 1.165) is 11.8 Å². The Bertz CT molecular complexity index is 889. The van der Waals surface area contributed by atoms with Crippen LogP contribution in [0.3, 0.4) is 0 Å². The second kappa shape index (κ2) is 11.1. The Balaban J connectivity index is 2.02. The number of carbonyl (C=O) groups excluding carboxylic acids is 2. The van der Waals surface area contributed by atoms with Gasteiger partial charge in [0.05, 0.1) is 24.5 Å². The highest BCUT2D eigenvalue weighted by atomic mass is 19.1. The molecule has 2 aromatic rings. The first-order chi connectivity index (χ1) is 13.6. The van der Waals surface area contributed by atoms with E-state index in [1.807, 2.05) is 18.2 Å². The standard InChI is InChI=1S/C20H18FN3O4/c1-2-27-19(25)18(12-22-14-23-17-10-8-16(21)9-11-17)24-20(26)28-13-15-6-4-3-5-7-15/h3-12H,2,13H2,1H3,(H,24,26)/b18-12-. The van der Waals surface area contributed by atoms with Crippen LogP contribution in [0.1, 0.15) is 12.5 Å². The van der Waals surface area contributed by atoms with Crippen LogP contribution in [0.2, 0.25) is 0 Å². The summed E-state index contributed by atoms with van der Waals surface area (Å²) in [5.74, 6) is -1.18. The predicted molar refractivity (Wildman–Crippen MR) is 100 cm³/mol. The van der Waals surface area contributed by atoms with Crippen molar-refractivity contribution in [2.24, 2.45) is 9.98 Å². The van der Waals surface area contributed by atoms with Gasteiger partial charge >= 0.3 is 12.1 Å². The van der Waals surface area contributed by atoms with Crippen molar-refractivity contribution in [3.8, 4) is 0 Å². The number of halogens is 1. The van der Waals surface area contributed by atoms with Crippen LogP contribution in [-0.4, -0.2) is 24.7 Å². The van der Waals surface area contributed by atoms with Gasteiger partial charge in [-0.2, -0.15) is 9.98 Å². The second-order valence-corrected chi connectivity index (χ2v) is 5.27. The first kappa shape index (κ1) is 20.5. The van der Waals surface area contributed by atoms with E-state index < -0.39 is 17.9 Å². The van der Waals surface area contributed by atoms with Gasteiger partial charge in [-0.25, -0.2) is 14.0 Å². The Labute approximate surface area is 161 Å². The summed E-state index contributed by atoms with van der Waals surface area (Å²) in [7, 11) is 0. The van der Waals surface area contributed by atoms with Gasteiger partial charge in [0.25, 0.3) is 0 Å². The Kier molecular flexibility index (Phi) is 8.11. The molecule has 0 aliphatic carbocycles. The van der Waals surface area contributed by atoms with E-state index in [9.17, 15) is 14.0 Å². The molecule has 0 aliphatic rings. The second-order valence-electron chi connectivity index (χ2n) is 5.27. The number of nitrogens with one attached hydrogen (secondary N) is 1. The number of rotatable bonds is 7. The summed E-state index contributed by atoms with van der Waals surface area (Å²) < 4.78 is 22.7. The lowest BCUT2D eigenvalue weighted by atomic mass is 10.2. The number of carbonyl (C=O) groups is 2. The molecule has 0 atom stereocenters. The van der Waals surface area contributed by atoms with E-state index in [-0.39, 0.29) is 18.9 Å². The van der Waals surface area contributed by atoms with Crippen LogP contribution in [0.15, 0.2) is 76.5 Å². The summed E-state index contributed by atoms with van der Waals surface area (Å²) in [5, 5.41) is 2.28. The molecular weight excluding hydrogens is 365 g/mol. The maximum atomic E-state index is 12.8. The molecule has 0 spiro atoms. The molecule has 0 saturated carbocycles. The smallest absolute Gasteiger partial charge is 0.412 e. The molecule has 0 saturated heterocycles. The molecule has 0 unspecified atom stereocenters. The summed E-state index contributed by atoms with van der Waals surface area (Å²) in [6.45, 7) is 1.78. The van der Waals surface area contributed by atoms with E-state index in [1.54, 1.807) is 19.1 Å². The molecule has 28 heavy (non-hydrogen) atoms. The number of hydrogen-bond donors (Lipinski definition) is 1. The first-order valence-electron chi connectivity index (χ1n) is 8.34. The van der Waals surface area contributed by atoms with E-state index in [0.29, 0.717) is 5.69 Å². The highest BCUT2D eigenvalue weighted by molar-refractivity contribution is 5.92. The predicted octanol–water partition coefficient (Wildman–Crippen LogP) is 3.96. The fraction of sp³-hybridized carbons (Fsp3) is 0.150. The molecule has 2 rings (SSSR count). The van der Waals surface area contributed by atoms with Crippen molar-refractivity contribution in [2.45, 2.75) is 13.5 Å². The van der Waals surface area contributed by atoms with Gasteiger partial charge < -0.3 is 9.47 Å². The number of ether oxygens (including phenoxy) is 2. The average molecular weight is 383 g/mol. The fourth-order valence-electron chi connectivity index (χ4n) is 1.91. The molecule has 0 fully saturated rings. The average Bonchev–Trinajstić information content (AvgIpc) is 2.71. The molecule has 0 radical (unpaired) electrons. The van der Waals surface area contributed by atoms with Crippen molar-refractivity contribution in [3.05, 3.63) is 77.9 Å². The summed E-state index contributed by atoms with van der Waals surface area (Å²) in [6, 6.07) is 16.8. The summed E-state index contributed by atoms with van der Waals surface area (Å²) in [6.07, 6.45) is 0.197. The van der Waals surface area contributed by atoms with Gasteiger partial charge in [0.2, 0.25) is 0 Å². The molecule has 0 heterocycles. The molecule has 0 bridgehead atoms. The Hall–Kier alpha value is -3.77. The normalized spacial score (nSPS) is 10.4. The van der Waals surface area contributed by atoms with Gasteiger partial charge in [-0.1, -0.05) is 30.3 Å². The van der Waals surface area contributed by atoms with Crippen LogP contribution in [0, 0.1) is 5.82 Å². The van der Waals surface area contributed by atoms with E-state index in [4.69, 9.17) is 9.47 Å². The number of hydrogen-bond acceptors (Lipinski definition) is 6. The molecule has 7 nitrogen and oxygen atoms in total. The molecule has 0 aliphatic heterocycles. The van der Waals surface area contributed by atoms with E-state index >= 15 is 0 Å². The summed E-state index contributed by atoms with van der Waals surface area (Å²) in [5.41, 5.74) is 0.983. The molecule has 1 amide bonds. The highest BCUT2D eigenvalue weighted by Crippen LogP contribution is 2.10. The highest BCUT2D eigenvalue weighted by Gasteiger charge is 2.15. The minimum absolute atomic E-state index is 0.0398. The maximum absolute atomic E-state index is 12.8. The monoisotopic (exact) mass is 383 g/mol. The zero-order valence-electron chi connectivity index (χ0n) is 15.1. The van der Waals surface area contributed by atoms with Gasteiger partial charge in [-0.05, 0) is 36.8 Å². The number of esters is 1. The molecule has 1 N–H and O–H groups in total. The van der Waals surface area contributed by atoms with Crippen molar-refractivity contribution in [3.63, 3.8) is 0 Å². The van der Waals surface area contributed by atoms with Crippen molar-refractivity contribution in [1.29, 1.82) is 0 Å². The minimum Gasteiger partial charge on any atom is -0.461 e. The quantitative estimate of drug-likeness (QED) is 0.445. The molecule has 8 heteroatoms. The van der Waals surface area contributed by atoms with Crippen LogP contribution >= 0.6 is 0 Å². The van der Waals surface area contributed by atoms with E-state index in [1.165, 1.54) is 24.3 Å². The van der Waals surface area contributed by atoms with Gasteiger partial charge in [0.1, 0.15) is 18.1 Å². The molecule has 144 valence electrons. The molecule has 0 aromatic heterocycles. The van der Waals surface area contributed by atoms with Gasteiger partial charge in [0.15, 0.2) is 0 Å². The number of alkyl carbamates (subject to hydrolysis) is 1. The third-order valence-corrected chi connectivity index (χ3v) is 3.20. The Morgan fingerprint density at radius 1 is 1.11 bits per heavy atom. The van der Waals surface area contributed by atoms with Crippen LogP contribution in [-0.2, 0) is 20.9 Å². The van der Waals surface area contributed by atoms with Crippen molar-refractivity contribution in [1.82, 2.24) is 5.32 Å². The largest absolute Gasteiger partial charge is 0.461 e. The van der Waals surface area contributed by atoms with Crippen molar-refractivity contribution >= 4 is 23.8 Å². The number of amides is 1. The Morgan fingerprint density at radius 3 is 2.50 bits per heavy atom. The number of aliphatic imine (C=N–C) groups is 2. The Morgan fingerprint density at radius 2 is 1.82 bits per heavy atom. The SMILES string of the molecule is CCOC(=O)/C(=C/N=C=Nc1ccc(F)cc1)NC(=O)OCc1ccccc1. The third kappa shape index (κ3) is 7.23. The van der Waals surface area contributed by atoms with Gasteiger partial charge in [0, 0.05) is 0 Å². The van der Waals surface area contributed by atoms with Gasteiger partial charge in [-0.15, -0.1) is 0 Å². The summed E-state index contributed by atoms with van der Waals surface area (Å²) >= 11 is 0. The molecular formula is C20H18FN3O4. The number of nitrogens with zero attached hydrogens (tertiary/aromatic N) is 2. The van der Waals surface area contributed by atoms with Crippen LogP contribution in [0.25, 0.3) is 0 Å². The fourth-order valence-corrected chi connectivity index (χ4v) is 1.91. The molecule has 2 aromatic carbocycles. The number of benzene rings is 2. The zero-order valence-corrected chi connectivity index (χ0v) is 15.1. The first-order valence-corrected chi connectivity index (χ1v) is 8.34. The van der Waals surface area contributed by atoms with Crippen LogP contribution in [0.5, 0.6) is 0 Å².